The van der Waals surface area contributed by atoms with Crippen molar-refractivity contribution in [2.75, 3.05) is 62.7 Å². The number of likely N-dealkylation sites (N-methyl/N-ethyl adjacent to an activating group) is 1. The molecular weight excluding hydrogens is 544 g/mol. The van der Waals surface area contributed by atoms with E-state index in [1.54, 1.807) is 4.90 Å². The third-order valence-electron chi connectivity index (χ3n) is 9.00. The molecule has 6 rings (SSSR count). The Morgan fingerprint density at radius 2 is 1.93 bits per heavy atom. The lowest BCUT2D eigenvalue weighted by Crippen LogP contribution is -2.57. The topological polar surface area (TPSA) is 91.5 Å². The largest absolute Gasteiger partial charge is 0.462 e. The van der Waals surface area contributed by atoms with Crippen LogP contribution in [0.3, 0.4) is 0 Å². The Hall–Kier alpha value is -3.65. The van der Waals surface area contributed by atoms with Gasteiger partial charge in [-0.1, -0.05) is 0 Å². The molecule has 2 aromatic rings. The number of carbonyl (C=O) groups excluding carboxylic acids is 1. The SMILES string of the molecule is [C-]#[N+]C[C@H]1CN(c2nc(OC[C@@H]3CCCN3C)nc3c2CCN(c2cnccc2C2CC2)C3)CCN1C(=O)OC(C)(C)C. The van der Waals surface area contributed by atoms with Crippen LogP contribution in [0.4, 0.5) is 16.3 Å². The fraction of sp³-hybridized carbons (Fsp3) is 0.656. The molecule has 11 nitrogen and oxygen atoms in total. The molecule has 43 heavy (non-hydrogen) atoms. The maximum absolute atomic E-state index is 13.0. The van der Waals surface area contributed by atoms with Crippen LogP contribution < -0.4 is 14.5 Å². The summed E-state index contributed by atoms with van der Waals surface area (Å²) in [5.41, 5.74) is 4.10. The van der Waals surface area contributed by atoms with Crippen molar-refractivity contribution in [2.24, 2.45) is 0 Å². The quantitative estimate of drug-likeness (QED) is 0.443. The highest BCUT2D eigenvalue weighted by atomic mass is 16.6. The number of hydrogen-bond donors (Lipinski definition) is 0. The Morgan fingerprint density at radius 1 is 1.09 bits per heavy atom. The number of amides is 1. The summed E-state index contributed by atoms with van der Waals surface area (Å²) in [6, 6.07) is 2.64. The fourth-order valence-corrected chi connectivity index (χ4v) is 6.55. The predicted molar refractivity (Wildman–Crippen MR) is 165 cm³/mol. The van der Waals surface area contributed by atoms with Crippen LogP contribution in [-0.2, 0) is 17.7 Å². The highest BCUT2D eigenvalue weighted by Gasteiger charge is 2.38. The van der Waals surface area contributed by atoms with E-state index >= 15 is 0 Å². The molecule has 4 aliphatic rings. The van der Waals surface area contributed by atoms with Crippen LogP contribution in [0.1, 0.15) is 69.2 Å². The van der Waals surface area contributed by atoms with E-state index in [-0.39, 0.29) is 18.7 Å². The Kier molecular flexibility index (Phi) is 8.32. The normalized spacial score (nSPS) is 22.7. The minimum absolute atomic E-state index is 0.207. The highest BCUT2D eigenvalue weighted by molar-refractivity contribution is 5.69. The first-order valence-electron chi connectivity index (χ1n) is 15.7. The van der Waals surface area contributed by atoms with Crippen molar-refractivity contribution in [3.8, 4) is 6.01 Å². The molecule has 2 saturated heterocycles. The maximum atomic E-state index is 13.0. The molecule has 2 atom stereocenters. The molecule has 0 N–H and O–H groups in total. The molecular formula is C32H44N8O3. The summed E-state index contributed by atoms with van der Waals surface area (Å²) < 4.78 is 12.0. The van der Waals surface area contributed by atoms with Crippen LogP contribution >= 0.6 is 0 Å². The standard InChI is InChI=1S/C32H44N8O3/c1-32(2,3)43-31(41)40-16-15-39(19-24(40)17-33-4)29-26-11-14-38(28-18-34-12-10-25(28)22-8-9-22)20-27(26)35-30(36-29)42-21-23-7-6-13-37(23)5/h10,12,18,22-24H,6-9,11,13-17,19-21H2,1-3,5H3/t23-,24-/m0/s1. The minimum atomic E-state index is -0.595. The number of aromatic nitrogens is 3. The van der Waals surface area contributed by atoms with Crippen molar-refractivity contribution in [3.63, 3.8) is 0 Å². The van der Waals surface area contributed by atoms with E-state index in [9.17, 15) is 4.79 Å². The lowest BCUT2D eigenvalue weighted by Gasteiger charge is -2.41. The van der Waals surface area contributed by atoms with E-state index in [1.165, 1.54) is 30.5 Å². The minimum Gasteiger partial charge on any atom is -0.462 e. The summed E-state index contributed by atoms with van der Waals surface area (Å²) in [7, 11) is 2.14. The van der Waals surface area contributed by atoms with E-state index in [1.807, 2.05) is 33.2 Å². The molecule has 0 radical (unpaired) electrons. The monoisotopic (exact) mass is 588 g/mol. The summed E-state index contributed by atoms with van der Waals surface area (Å²) in [5, 5.41) is 0. The Labute approximate surface area is 255 Å². The van der Waals surface area contributed by atoms with Crippen LogP contribution in [0, 0.1) is 6.57 Å². The van der Waals surface area contributed by atoms with Gasteiger partial charge in [0.25, 0.3) is 0 Å². The number of piperazine rings is 1. The first-order chi connectivity index (χ1) is 20.7. The van der Waals surface area contributed by atoms with Crippen LogP contribution in [0.5, 0.6) is 6.01 Å². The van der Waals surface area contributed by atoms with Crippen LogP contribution in [-0.4, -0.2) is 101 Å². The van der Waals surface area contributed by atoms with E-state index in [2.05, 4.69) is 37.6 Å². The van der Waals surface area contributed by atoms with Gasteiger partial charge in [0.2, 0.25) is 6.54 Å². The maximum Gasteiger partial charge on any atom is 0.410 e. The Bertz CT molecular complexity index is 1370. The van der Waals surface area contributed by atoms with E-state index in [0.29, 0.717) is 50.8 Å². The number of carbonyl (C=O) groups is 1. The lowest BCUT2D eigenvalue weighted by atomic mass is 10.0. The third kappa shape index (κ3) is 6.64. The number of anilines is 2. The van der Waals surface area contributed by atoms with Crippen molar-refractivity contribution in [1.29, 1.82) is 0 Å². The zero-order valence-corrected chi connectivity index (χ0v) is 26.0. The second-order valence-electron chi connectivity index (χ2n) is 13.3. The van der Waals surface area contributed by atoms with Crippen LogP contribution in [0.15, 0.2) is 18.5 Å². The van der Waals surface area contributed by atoms with Gasteiger partial charge in [0.05, 0.1) is 24.1 Å². The molecule has 5 heterocycles. The van der Waals surface area contributed by atoms with Crippen LogP contribution in [0.25, 0.3) is 4.85 Å². The van der Waals surface area contributed by atoms with Crippen LogP contribution in [0.2, 0.25) is 0 Å². The predicted octanol–water partition coefficient (Wildman–Crippen LogP) is 4.13. The number of rotatable bonds is 7. The van der Waals surface area contributed by atoms with Gasteiger partial charge < -0.3 is 29.0 Å². The summed E-state index contributed by atoms with van der Waals surface area (Å²) >= 11 is 0. The zero-order valence-electron chi connectivity index (χ0n) is 26.0. The van der Waals surface area contributed by atoms with Gasteiger partial charge in [-0.25, -0.2) is 11.4 Å². The van der Waals surface area contributed by atoms with Crippen molar-refractivity contribution in [3.05, 3.63) is 46.7 Å². The number of fused-ring (bicyclic) bond motifs is 1. The van der Waals surface area contributed by atoms with Gasteiger partial charge in [-0.05, 0) is 84.0 Å². The molecule has 2 aromatic heterocycles. The molecule has 11 heteroatoms. The average Bonchev–Trinajstić information content (AvgIpc) is 3.75. The summed E-state index contributed by atoms with van der Waals surface area (Å²) in [6.45, 7) is 18.1. The molecule has 0 spiro atoms. The number of hydrogen-bond acceptors (Lipinski definition) is 9. The van der Waals surface area contributed by atoms with E-state index < -0.39 is 5.60 Å². The number of likely N-dealkylation sites (tertiary alicyclic amines) is 1. The first-order valence-corrected chi connectivity index (χ1v) is 15.7. The molecule has 230 valence electrons. The lowest BCUT2D eigenvalue weighted by molar-refractivity contribution is 0.0155. The average molecular weight is 589 g/mol. The molecule has 1 saturated carbocycles. The highest BCUT2D eigenvalue weighted by Crippen LogP contribution is 2.45. The number of ether oxygens (including phenoxy) is 2. The Balaban J connectivity index is 1.28. The van der Waals surface area contributed by atoms with Gasteiger partial charge in [-0.2, -0.15) is 9.97 Å². The Morgan fingerprint density at radius 3 is 2.65 bits per heavy atom. The fourth-order valence-electron chi connectivity index (χ4n) is 6.55. The first kappa shape index (κ1) is 29.4. The van der Waals surface area contributed by atoms with Gasteiger partial charge in [-0.3, -0.25) is 9.88 Å². The van der Waals surface area contributed by atoms with Crippen molar-refractivity contribution < 1.29 is 14.3 Å². The second-order valence-corrected chi connectivity index (χ2v) is 13.3. The van der Waals surface area contributed by atoms with Crippen molar-refractivity contribution >= 4 is 17.6 Å². The summed E-state index contributed by atoms with van der Waals surface area (Å²) in [6.07, 6.45) is 9.09. The molecule has 0 aromatic carbocycles. The van der Waals surface area contributed by atoms with Crippen molar-refractivity contribution in [2.45, 2.75) is 83.0 Å². The molecule has 3 fully saturated rings. The van der Waals surface area contributed by atoms with Crippen molar-refractivity contribution in [1.82, 2.24) is 24.8 Å². The summed E-state index contributed by atoms with van der Waals surface area (Å²) in [4.78, 5) is 39.8. The molecule has 1 amide bonds. The smallest absolute Gasteiger partial charge is 0.410 e. The molecule has 0 unspecified atom stereocenters. The second kappa shape index (κ2) is 12.2. The zero-order chi connectivity index (χ0) is 30.1. The van der Waals surface area contributed by atoms with E-state index in [4.69, 9.17) is 26.0 Å². The molecule has 3 aliphatic heterocycles. The van der Waals surface area contributed by atoms with Gasteiger partial charge in [0.1, 0.15) is 24.1 Å². The molecule has 0 bridgehead atoms. The number of pyridine rings is 1. The van der Waals surface area contributed by atoms with E-state index in [0.717, 1.165) is 43.0 Å². The van der Waals surface area contributed by atoms with Gasteiger partial charge in [-0.15, -0.1) is 0 Å². The van der Waals surface area contributed by atoms with Gasteiger partial charge in [0, 0.05) is 44.0 Å². The molecule has 1 aliphatic carbocycles. The summed E-state index contributed by atoms with van der Waals surface area (Å²) in [5.74, 6) is 1.50. The number of nitrogens with zero attached hydrogens (tertiary/aromatic N) is 8. The third-order valence-corrected chi connectivity index (χ3v) is 9.00. The van der Waals surface area contributed by atoms with Gasteiger partial charge in [0.15, 0.2) is 0 Å². The van der Waals surface area contributed by atoms with Gasteiger partial charge >= 0.3 is 12.1 Å².